The number of ketones is 2. The molecule has 4 saturated carbocycles. The number of fused-ring (bicyclic) bond motifs is 5. The van der Waals surface area contributed by atoms with E-state index in [9.17, 15) is 23.1 Å². The minimum absolute atomic E-state index is 0.147. The van der Waals surface area contributed by atoms with E-state index in [1.807, 2.05) is 18.2 Å². The number of nitrogen functional groups attached to an aromatic ring is 4. The highest BCUT2D eigenvalue weighted by atomic mass is 32.2. The molecule has 0 unspecified atom stereocenters. The van der Waals surface area contributed by atoms with Crippen LogP contribution in [-0.4, -0.2) is 30.8 Å². The standard InChI is InChI=1S/C23H28O5S.C14H17N.C13H17N.C12H13NO.C8H9N/c1-14(15-4-5-15)19-8-6-16-7-9-20(16)21(19)11-18(24)13-29(26,27)22-10-17(12-28-22)23(2,3)25;1-9(10-3-2-4-10)12-7-5-11-6-8-13(11)14(12)15;1-8(9-2-3-9)11-6-4-10-5-7-12(10)13(11)14;13-11-9-5-3-7(9)4-6-10(11)12(14)8-1-2-8;9-8-3-1-2-6-4-5-7(6)8/h6,8,10,12,14-15,25H,4-5,7,9,11,13H2,1-3H3;5,7,10H,1-4,6,8,15H2;4,6,8-9H,2-3,5,7,14H2,1H3;4,6,8H,1-3,5,13H2;1-3H,4-5,9H2/t14-;;8-;;/m0.0../s1. The molecule has 0 saturated heterocycles. The monoisotopic (exact) mass is 1110 g/mol. The SMILES string of the molecule is C=C(c1ccc2c(c1N)CC2)C1CCC1.C[C@H](c1ccc2c(c1CC(=O)CS(=O)(=O)c1cc(C(C)(C)O)co1)CC2)C1CC1.C[C@H](c1ccc2c(c1N)CC2)C1CC1.Nc1c(C(=O)C2CC2)ccc2c1CC2.Nc1cccc2c1CC2. The molecule has 1 heterocycles. The molecule has 10 nitrogen and oxygen atoms in total. The third-order valence-corrected chi connectivity index (χ3v) is 21.1. The predicted molar refractivity (Wildman–Crippen MR) is 327 cm³/mol. The fourth-order valence-corrected chi connectivity index (χ4v) is 13.9. The lowest BCUT2D eigenvalue weighted by Crippen LogP contribution is -2.22. The van der Waals surface area contributed by atoms with E-state index in [0.29, 0.717) is 29.2 Å². The van der Waals surface area contributed by atoms with Crippen molar-refractivity contribution in [3.05, 3.63) is 175 Å². The topological polar surface area (TPSA) is 206 Å². The quantitative estimate of drug-likeness (QED) is 0.0515. The predicted octanol–water partition coefficient (Wildman–Crippen LogP) is 13.1. The molecule has 9 aliphatic rings. The lowest BCUT2D eigenvalue weighted by molar-refractivity contribution is -0.116. The number of aliphatic hydroxyl groups is 1. The fraction of sp³-hybridized carbons (Fsp3) is 0.457. The number of benzene rings is 5. The third kappa shape index (κ3) is 12.0. The summed E-state index contributed by atoms with van der Waals surface area (Å²) >= 11 is 0. The number of aryl methyl sites for hydroxylation is 5. The van der Waals surface area contributed by atoms with Crippen molar-refractivity contribution in [1.82, 2.24) is 0 Å². The molecule has 15 rings (SSSR count). The van der Waals surface area contributed by atoms with Gasteiger partial charge in [-0.25, -0.2) is 8.42 Å². The molecular weight excluding hydrogens is 1020 g/mol. The molecule has 9 N–H and O–H groups in total. The van der Waals surface area contributed by atoms with Crippen LogP contribution in [0.1, 0.15) is 191 Å². The zero-order valence-corrected chi connectivity index (χ0v) is 49.0. The van der Waals surface area contributed by atoms with Gasteiger partial charge >= 0.3 is 0 Å². The van der Waals surface area contributed by atoms with Gasteiger partial charge < -0.3 is 32.5 Å². The number of carbonyl (C=O) groups is 2. The minimum Gasteiger partial charge on any atom is -0.453 e. The Morgan fingerprint density at radius 3 is 1.57 bits per heavy atom. The van der Waals surface area contributed by atoms with E-state index in [2.05, 4.69) is 69.0 Å². The summed E-state index contributed by atoms with van der Waals surface area (Å²) in [7, 11) is -3.89. The highest BCUT2D eigenvalue weighted by Gasteiger charge is 2.36. The molecule has 11 heteroatoms. The van der Waals surface area contributed by atoms with E-state index < -0.39 is 21.2 Å². The molecule has 0 spiro atoms. The van der Waals surface area contributed by atoms with Crippen LogP contribution in [0.2, 0.25) is 0 Å². The zero-order chi connectivity index (χ0) is 57.1. The van der Waals surface area contributed by atoms with E-state index in [0.717, 1.165) is 84.7 Å². The Balaban J connectivity index is 0.000000113. The van der Waals surface area contributed by atoms with Crippen LogP contribution in [0.3, 0.4) is 0 Å². The van der Waals surface area contributed by atoms with Gasteiger partial charge in [-0.1, -0.05) is 81.4 Å². The van der Waals surface area contributed by atoms with Crippen LogP contribution in [0, 0.1) is 23.7 Å². The molecular formula is C70H84N4O6S. The smallest absolute Gasteiger partial charge is 0.218 e. The Kier molecular flexibility index (Phi) is 15.8. The largest absolute Gasteiger partial charge is 0.453 e. The van der Waals surface area contributed by atoms with Crippen molar-refractivity contribution < 1.29 is 27.5 Å². The molecule has 426 valence electrons. The summed E-state index contributed by atoms with van der Waals surface area (Å²) < 4.78 is 30.5. The van der Waals surface area contributed by atoms with Gasteiger partial charge in [-0.15, -0.1) is 0 Å². The molecule has 81 heavy (non-hydrogen) atoms. The molecule has 6 aromatic rings. The number of furan rings is 1. The zero-order valence-electron chi connectivity index (χ0n) is 48.2. The van der Waals surface area contributed by atoms with Gasteiger partial charge in [0.25, 0.3) is 0 Å². The molecule has 5 aromatic carbocycles. The normalized spacial score (nSPS) is 18.2. The van der Waals surface area contributed by atoms with Crippen LogP contribution in [0.5, 0.6) is 0 Å². The Morgan fingerprint density at radius 2 is 1.10 bits per heavy atom. The summed E-state index contributed by atoms with van der Waals surface area (Å²) in [6, 6.07) is 24.7. The minimum atomic E-state index is -3.89. The van der Waals surface area contributed by atoms with Gasteiger partial charge in [-0.2, -0.15) is 0 Å². The van der Waals surface area contributed by atoms with Crippen LogP contribution in [0.4, 0.5) is 22.7 Å². The average Bonchev–Trinajstić information content (AvgIpc) is 4.36. The molecule has 0 radical (unpaired) electrons. The molecule has 0 amide bonds. The molecule has 0 bridgehead atoms. The molecule has 2 atom stereocenters. The van der Waals surface area contributed by atoms with E-state index in [1.165, 1.54) is 167 Å². The number of anilines is 4. The Labute approximate surface area is 480 Å². The van der Waals surface area contributed by atoms with Gasteiger partial charge in [-0.05, 0) is 249 Å². The van der Waals surface area contributed by atoms with Gasteiger partial charge in [0.1, 0.15) is 5.75 Å². The first-order valence-electron chi connectivity index (χ1n) is 30.2. The van der Waals surface area contributed by atoms with Gasteiger partial charge in [0.15, 0.2) is 11.6 Å². The molecule has 1 aromatic heterocycles. The van der Waals surface area contributed by atoms with Crippen molar-refractivity contribution >= 4 is 49.7 Å². The van der Waals surface area contributed by atoms with Crippen molar-refractivity contribution in [3.8, 4) is 0 Å². The van der Waals surface area contributed by atoms with Crippen LogP contribution in [0.15, 0.2) is 95.1 Å². The number of nitrogens with two attached hydrogens (primary N) is 4. The Hall–Kier alpha value is -6.43. The molecule has 4 fully saturated rings. The van der Waals surface area contributed by atoms with E-state index in [1.54, 1.807) is 13.8 Å². The maximum atomic E-state index is 12.8. The number of hydrogen-bond acceptors (Lipinski definition) is 10. The lowest BCUT2D eigenvalue weighted by Gasteiger charge is -2.30. The second kappa shape index (κ2) is 22.7. The fourth-order valence-electron chi connectivity index (χ4n) is 12.8. The van der Waals surface area contributed by atoms with Crippen LogP contribution < -0.4 is 22.9 Å². The van der Waals surface area contributed by atoms with Crippen molar-refractivity contribution in [2.75, 3.05) is 28.7 Å². The summed E-state index contributed by atoms with van der Waals surface area (Å²) in [5, 5.41) is 9.75. The average molecular weight is 1110 g/mol. The van der Waals surface area contributed by atoms with Crippen LogP contribution >= 0.6 is 0 Å². The van der Waals surface area contributed by atoms with Crippen molar-refractivity contribution in [3.63, 3.8) is 0 Å². The number of Topliss-reactive ketones (excluding diaryl/α,β-unsaturated/α-hetero) is 2. The Bertz CT molecular complexity index is 3540. The molecule has 9 aliphatic carbocycles. The van der Waals surface area contributed by atoms with Gasteiger partial charge in [0.05, 0.1) is 11.9 Å². The summed E-state index contributed by atoms with van der Waals surface area (Å²) in [5.74, 6) is 2.99. The number of sulfone groups is 1. The van der Waals surface area contributed by atoms with E-state index in [-0.39, 0.29) is 29.0 Å². The highest BCUT2D eigenvalue weighted by Crippen LogP contribution is 2.48. The number of allylic oxidation sites excluding steroid dienone is 1. The molecule has 0 aliphatic heterocycles. The maximum Gasteiger partial charge on any atom is 0.218 e. The van der Waals surface area contributed by atoms with Gasteiger partial charge in [-0.3, -0.25) is 9.59 Å². The van der Waals surface area contributed by atoms with Crippen molar-refractivity contribution in [2.24, 2.45) is 23.7 Å². The number of carbonyl (C=O) groups excluding carboxylic acids is 2. The highest BCUT2D eigenvalue weighted by molar-refractivity contribution is 7.92. The summed E-state index contributed by atoms with van der Waals surface area (Å²) in [6.07, 6.45) is 24.0. The third-order valence-electron chi connectivity index (χ3n) is 19.6. The van der Waals surface area contributed by atoms with Crippen LogP contribution in [-0.2, 0) is 90.9 Å². The number of rotatable bonds is 14. The first kappa shape index (κ1) is 56.4. The first-order valence-corrected chi connectivity index (χ1v) is 31.9. The van der Waals surface area contributed by atoms with Crippen molar-refractivity contribution in [1.29, 1.82) is 0 Å². The maximum absolute atomic E-state index is 12.8. The number of hydrogen-bond donors (Lipinski definition) is 5. The second-order valence-electron chi connectivity index (χ2n) is 25.5. The second-order valence-corrected chi connectivity index (χ2v) is 27.4. The van der Waals surface area contributed by atoms with Crippen LogP contribution in [0.25, 0.3) is 5.57 Å². The summed E-state index contributed by atoms with van der Waals surface area (Å²) in [5.41, 5.74) is 47.6. The first-order chi connectivity index (χ1) is 38.7. The Morgan fingerprint density at radius 1 is 0.605 bits per heavy atom. The van der Waals surface area contributed by atoms with Gasteiger partial charge in [0, 0.05) is 57.8 Å². The lowest BCUT2D eigenvalue weighted by atomic mass is 9.75. The summed E-state index contributed by atoms with van der Waals surface area (Å²) in [4.78, 5) is 24.6. The van der Waals surface area contributed by atoms with Crippen molar-refractivity contribution in [2.45, 2.75) is 179 Å². The van der Waals surface area contributed by atoms with Gasteiger partial charge in [0.2, 0.25) is 14.9 Å². The van der Waals surface area contributed by atoms with E-state index >= 15 is 0 Å². The van der Waals surface area contributed by atoms with E-state index in [4.69, 9.17) is 27.4 Å². The summed E-state index contributed by atoms with van der Waals surface area (Å²) in [6.45, 7) is 11.9.